The molecule has 2 aromatic carbocycles. The molecule has 0 saturated carbocycles. The predicted octanol–water partition coefficient (Wildman–Crippen LogP) is 4.26. The van der Waals surface area contributed by atoms with Gasteiger partial charge < -0.3 is 25.4 Å². The summed E-state index contributed by atoms with van der Waals surface area (Å²) in [5.74, 6) is -0.120. The van der Waals surface area contributed by atoms with Crippen molar-refractivity contribution in [3.05, 3.63) is 74.0 Å². The minimum atomic E-state index is -0.269. The van der Waals surface area contributed by atoms with Crippen molar-refractivity contribution in [2.45, 2.75) is 13.0 Å². The van der Waals surface area contributed by atoms with Crippen LogP contribution in [0, 0.1) is 11.3 Å². The van der Waals surface area contributed by atoms with Crippen molar-refractivity contribution in [3.63, 3.8) is 0 Å². The van der Waals surface area contributed by atoms with Crippen LogP contribution in [0.4, 0.5) is 5.69 Å². The fraction of sp³-hybridized carbons (Fsp3) is 0.346. The van der Waals surface area contributed by atoms with Crippen LogP contribution in [0.15, 0.2) is 47.3 Å². The number of anilines is 1. The number of carbonyl (C=O) groups is 1. The summed E-state index contributed by atoms with van der Waals surface area (Å²) in [6.45, 7) is 3.33. The van der Waals surface area contributed by atoms with Gasteiger partial charge in [-0.05, 0) is 51.3 Å². The number of halogens is 2. The van der Waals surface area contributed by atoms with Crippen LogP contribution in [-0.2, 0) is 6.54 Å². The van der Waals surface area contributed by atoms with Crippen LogP contribution in [0.3, 0.4) is 0 Å². The molecule has 1 aliphatic rings. The highest BCUT2D eigenvalue weighted by Crippen LogP contribution is 2.30. The molecule has 10 heteroatoms. The number of aromatic nitrogens is 1. The highest BCUT2D eigenvalue weighted by atomic mass is 35.5. The zero-order valence-corrected chi connectivity index (χ0v) is 22.0. The van der Waals surface area contributed by atoms with Gasteiger partial charge in [0, 0.05) is 43.7 Å². The lowest BCUT2D eigenvalue weighted by Gasteiger charge is -2.37. The van der Waals surface area contributed by atoms with Gasteiger partial charge in [0.2, 0.25) is 0 Å². The number of rotatable bonds is 6. The fourth-order valence-electron chi connectivity index (χ4n) is 4.53. The summed E-state index contributed by atoms with van der Waals surface area (Å²) < 4.78 is 1.71. The first-order valence-corrected chi connectivity index (χ1v) is 12.3. The van der Waals surface area contributed by atoms with Gasteiger partial charge in [0.1, 0.15) is 11.6 Å². The van der Waals surface area contributed by atoms with E-state index in [1.54, 1.807) is 27.7 Å². The standard InChI is InChI=1S/C26H27Cl2N5O2.H3N/c1-30(2)10-5-11-33-23-7-4-3-6-19(23)24(20(17-29)26(33)35)31-12-14-32(15-13-31)25(34)18-8-9-21(27)22(28)16-18;/h3-4,6-9,16H,5,10-15H2,1-2H3;1H3. The van der Waals surface area contributed by atoms with Crippen molar-refractivity contribution in [1.29, 1.82) is 5.26 Å². The molecule has 1 amide bonds. The van der Waals surface area contributed by atoms with Gasteiger partial charge >= 0.3 is 0 Å². The predicted molar refractivity (Wildman–Crippen MR) is 146 cm³/mol. The number of nitrogens with zero attached hydrogens (tertiary/aromatic N) is 5. The number of fused-ring (bicyclic) bond motifs is 1. The van der Waals surface area contributed by atoms with Crippen LogP contribution < -0.4 is 16.6 Å². The van der Waals surface area contributed by atoms with Crippen LogP contribution in [0.1, 0.15) is 22.3 Å². The van der Waals surface area contributed by atoms with E-state index in [0.717, 1.165) is 23.9 Å². The number of para-hydroxylation sites is 1. The Morgan fingerprint density at radius 3 is 2.39 bits per heavy atom. The van der Waals surface area contributed by atoms with Crippen molar-refractivity contribution in [1.82, 2.24) is 20.5 Å². The average Bonchev–Trinajstić information content (AvgIpc) is 2.86. The van der Waals surface area contributed by atoms with E-state index in [9.17, 15) is 14.9 Å². The smallest absolute Gasteiger partial charge is 0.271 e. The molecule has 0 bridgehead atoms. The topological polar surface area (TPSA) is 108 Å². The summed E-state index contributed by atoms with van der Waals surface area (Å²) in [7, 11) is 3.99. The maximum atomic E-state index is 13.4. The van der Waals surface area contributed by atoms with E-state index in [1.807, 2.05) is 43.3 Å². The van der Waals surface area contributed by atoms with E-state index >= 15 is 0 Å². The van der Waals surface area contributed by atoms with Crippen molar-refractivity contribution in [2.75, 3.05) is 51.7 Å². The molecule has 0 spiro atoms. The van der Waals surface area contributed by atoms with Gasteiger partial charge in [-0.1, -0.05) is 41.4 Å². The van der Waals surface area contributed by atoms with Gasteiger partial charge in [-0.15, -0.1) is 0 Å². The number of benzene rings is 2. The van der Waals surface area contributed by atoms with Gasteiger partial charge in [-0.25, -0.2) is 0 Å². The Hall–Kier alpha value is -3.09. The number of pyridine rings is 1. The van der Waals surface area contributed by atoms with Crippen LogP contribution in [0.25, 0.3) is 10.9 Å². The molecule has 1 aliphatic heterocycles. The number of hydrogen-bond acceptors (Lipinski definition) is 6. The second-order valence-electron chi connectivity index (χ2n) is 8.87. The minimum Gasteiger partial charge on any atom is -0.366 e. The van der Waals surface area contributed by atoms with Crippen LogP contribution in [0.2, 0.25) is 10.0 Å². The van der Waals surface area contributed by atoms with E-state index < -0.39 is 0 Å². The number of hydrogen-bond donors (Lipinski definition) is 1. The molecule has 0 aliphatic carbocycles. The number of aryl methyl sites for hydroxylation is 1. The third-order valence-corrected chi connectivity index (χ3v) is 7.03. The number of carbonyl (C=O) groups excluding carboxylic acids is 1. The SMILES string of the molecule is CN(C)CCCn1c(=O)c(C#N)c(N2CCN(C(=O)c3ccc(Cl)c(Cl)c3)CC2)c2ccccc21.N. The third kappa shape index (κ3) is 5.50. The molecular weight excluding hydrogens is 499 g/mol. The minimum absolute atomic E-state index is 0. The summed E-state index contributed by atoms with van der Waals surface area (Å²) in [4.78, 5) is 32.2. The first-order chi connectivity index (χ1) is 16.8. The van der Waals surface area contributed by atoms with Crippen molar-refractivity contribution in [3.8, 4) is 6.07 Å². The fourth-order valence-corrected chi connectivity index (χ4v) is 4.83. The van der Waals surface area contributed by atoms with Crippen LogP contribution in [-0.4, -0.2) is 67.1 Å². The largest absolute Gasteiger partial charge is 0.366 e. The normalized spacial score (nSPS) is 13.6. The Kier molecular flexibility index (Phi) is 8.98. The summed E-state index contributed by atoms with van der Waals surface area (Å²) in [6, 6.07) is 14.8. The second-order valence-corrected chi connectivity index (χ2v) is 9.69. The van der Waals surface area contributed by atoms with E-state index in [4.69, 9.17) is 23.2 Å². The molecule has 4 rings (SSSR count). The summed E-state index contributed by atoms with van der Waals surface area (Å²) in [5.41, 5.74) is 1.83. The first-order valence-electron chi connectivity index (χ1n) is 11.5. The molecule has 0 atom stereocenters. The average molecular weight is 529 g/mol. The van der Waals surface area contributed by atoms with Crippen LogP contribution >= 0.6 is 23.2 Å². The maximum absolute atomic E-state index is 13.4. The Balaban J connectivity index is 0.00000361. The lowest BCUT2D eigenvalue weighted by Crippen LogP contribution is -2.49. The highest BCUT2D eigenvalue weighted by molar-refractivity contribution is 6.42. The molecule has 3 N–H and O–H groups in total. The van der Waals surface area contributed by atoms with Crippen molar-refractivity contribution >= 4 is 45.7 Å². The number of amides is 1. The van der Waals surface area contributed by atoms with Gasteiger partial charge in [0.15, 0.2) is 0 Å². The molecule has 1 fully saturated rings. The third-order valence-electron chi connectivity index (χ3n) is 6.29. The van der Waals surface area contributed by atoms with Gasteiger partial charge in [-0.3, -0.25) is 9.59 Å². The van der Waals surface area contributed by atoms with E-state index in [-0.39, 0.29) is 23.2 Å². The van der Waals surface area contributed by atoms with Crippen LogP contribution in [0.5, 0.6) is 0 Å². The number of piperazine rings is 1. The molecule has 0 radical (unpaired) electrons. The Labute approximate surface area is 220 Å². The van der Waals surface area contributed by atoms with E-state index in [0.29, 0.717) is 54.0 Å². The molecule has 3 aromatic rings. The molecular formula is C26H30Cl2N6O2. The molecule has 1 saturated heterocycles. The Morgan fingerprint density at radius 1 is 1.06 bits per heavy atom. The monoisotopic (exact) mass is 528 g/mol. The molecule has 36 heavy (non-hydrogen) atoms. The quantitative estimate of drug-likeness (QED) is 0.512. The highest BCUT2D eigenvalue weighted by Gasteiger charge is 2.27. The number of nitriles is 1. The van der Waals surface area contributed by atoms with Gasteiger partial charge in [0.25, 0.3) is 11.5 Å². The Morgan fingerprint density at radius 2 is 1.75 bits per heavy atom. The van der Waals surface area contributed by atoms with Crippen molar-refractivity contribution < 1.29 is 4.79 Å². The molecule has 2 heterocycles. The lowest BCUT2D eigenvalue weighted by molar-refractivity contribution is 0.0747. The summed E-state index contributed by atoms with van der Waals surface area (Å²) in [6.07, 6.45) is 0.802. The summed E-state index contributed by atoms with van der Waals surface area (Å²) in [5, 5.41) is 11.6. The van der Waals surface area contributed by atoms with Gasteiger partial charge in [0.05, 0.1) is 21.2 Å². The van der Waals surface area contributed by atoms with E-state index in [2.05, 4.69) is 11.0 Å². The first kappa shape index (κ1) is 27.5. The second kappa shape index (κ2) is 11.8. The molecule has 0 unspecified atom stereocenters. The zero-order valence-electron chi connectivity index (χ0n) is 20.5. The van der Waals surface area contributed by atoms with Crippen molar-refractivity contribution in [2.24, 2.45) is 0 Å². The Bertz CT molecular complexity index is 1360. The summed E-state index contributed by atoms with van der Waals surface area (Å²) >= 11 is 12.1. The molecule has 1 aromatic heterocycles. The van der Waals surface area contributed by atoms with Gasteiger partial charge in [-0.2, -0.15) is 5.26 Å². The molecule has 190 valence electrons. The maximum Gasteiger partial charge on any atom is 0.271 e. The zero-order chi connectivity index (χ0) is 25.1. The lowest BCUT2D eigenvalue weighted by atomic mass is 10.1. The van der Waals surface area contributed by atoms with E-state index in [1.165, 1.54) is 0 Å². The molecule has 8 nitrogen and oxygen atoms in total.